The van der Waals surface area contributed by atoms with Gasteiger partial charge in [-0.05, 0) is 75.2 Å². The topological polar surface area (TPSA) is 69.6 Å². The lowest BCUT2D eigenvalue weighted by Gasteiger charge is -2.07. The molecule has 3 aromatic rings. The highest BCUT2D eigenvalue weighted by Gasteiger charge is 2.12. The number of aryl methyl sites for hydroxylation is 1. The number of hydrogen-bond acceptors (Lipinski definition) is 4. The summed E-state index contributed by atoms with van der Waals surface area (Å²) in [5.74, 6) is 0.645. The van der Waals surface area contributed by atoms with E-state index in [2.05, 4.69) is 47.4 Å². The number of benzene rings is 2. The Bertz CT molecular complexity index is 793. The van der Waals surface area contributed by atoms with Gasteiger partial charge in [-0.1, -0.05) is 15.9 Å². The lowest BCUT2D eigenvalue weighted by atomic mass is 10.2. The summed E-state index contributed by atoms with van der Waals surface area (Å²) < 4.78 is 3.53. The molecule has 106 valence electrons. The number of aromatic nitrogens is 4. The average Bonchev–Trinajstić information content (AvgIpc) is 2.90. The van der Waals surface area contributed by atoms with Crippen molar-refractivity contribution < 1.29 is 0 Å². The molecule has 0 saturated carbocycles. The number of nitrogen functional groups attached to an aromatic ring is 1. The van der Waals surface area contributed by atoms with Crippen LogP contribution < -0.4 is 5.73 Å². The van der Waals surface area contributed by atoms with Crippen LogP contribution in [0.5, 0.6) is 0 Å². The third kappa shape index (κ3) is 2.84. The normalized spacial score (nSPS) is 10.8. The first-order valence-corrected chi connectivity index (χ1v) is 7.74. The van der Waals surface area contributed by atoms with Gasteiger partial charge in [-0.15, -0.1) is 5.10 Å². The highest BCUT2D eigenvalue weighted by atomic mass is 79.9. The van der Waals surface area contributed by atoms with Gasteiger partial charge in [0.25, 0.3) is 0 Å². The molecule has 7 heteroatoms. The van der Waals surface area contributed by atoms with E-state index in [1.807, 2.05) is 43.3 Å². The minimum absolute atomic E-state index is 0.645. The quantitative estimate of drug-likeness (QED) is 0.655. The molecule has 0 aliphatic rings. The van der Waals surface area contributed by atoms with Crippen LogP contribution in [0, 0.1) is 6.92 Å². The fourth-order valence-electron chi connectivity index (χ4n) is 2.06. The van der Waals surface area contributed by atoms with Crippen molar-refractivity contribution in [3.8, 4) is 17.1 Å². The maximum atomic E-state index is 5.93. The molecule has 2 N–H and O–H groups in total. The van der Waals surface area contributed by atoms with Crippen molar-refractivity contribution in [1.82, 2.24) is 20.2 Å². The van der Waals surface area contributed by atoms with Crippen LogP contribution in [0.25, 0.3) is 17.1 Å². The molecule has 0 bridgehead atoms. The molecule has 0 aliphatic heterocycles. The number of hydrogen-bond donors (Lipinski definition) is 1. The van der Waals surface area contributed by atoms with E-state index in [0.29, 0.717) is 11.5 Å². The summed E-state index contributed by atoms with van der Waals surface area (Å²) in [6, 6.07) is 11.7. The summed E-state index contributed by atoms with van der Waals surface area (Å²) in [7, 11) is 0. The molecule has 0 saturated heterocycles. The highest BCUT2D eigenvalue weighted by Crippen LogP contribution is 2.27. The summed E-state index contributed by atoms with van der Waals surface area (Å²) >= 11 is 6.88. The van der Waals surface area contributed by atoms with Gasteiger partial charge in [-0.2, -0.15) is 4.68 Å². The molecule has 0 aliphatic carbocycles. The Morgan fingerprint density at radius 2 is 1.90 bits per heavy atom. The standard InChI is InChI=1S/C14H11Br2N5/c1-8-4-10(15)7-11(5-8)21-14(18-19-20-21)9-2-3-12(16)13(17)6-9/h2-7H,17H2,1H3. The monoisotopic (exact) mass is 407 g/mol. The summed E-state index contributed by atoms with van der Waals surface area (Å²) in [4.78, 5) is 0. The zero-order valence-corrected chi connectivity index (χ0v) is 14.3. The molecule has 0 spiro atoms. The second-order valence-electron chi connectivity index (χ2n) is 4.64. The maximum Gasteiger partial charge on any atom is 0.187 e. The molecule has 1 aromatic heterocycles. The maximum absolute atomic E-state index is 5.93. The smallest absolute Gasteiger partial charge is 0.187 e. The van der Waals surface area contributed by atoms with Gasteiger partial charge in [-0.3, -0.25) is 0 Å². The summed E-state index contributed by atoms with van der Waals surface area (Å²) in [5.41, 5.74) is 9.45. The Balaban J connectivity index is 2.14. The largest absolute Gasteiger partial charge is 0.398 e. The third-order valence-electron chi connectivity index (χ3n) is 3.00. The second kappa shape index (κ2) is 5.57. The molecule has 0 fully saturated rings. The molecule has 3 rings (SSSR count). The Labute approximate surface area is 138 Å². The Kier molecular flexibility index (Phi) is 3.77. The number of rotatable bonds is 2. The predicted molar refractivity (Wildman–Crippen MR) is 89.1 cm³/mol. The van der Waals surface area contributed by atoms with E-state index in [1.54, 1.807) is 4.68 Å². The van der Waals surface area contributed by atoms with E-state index in [0.717, 1.165) is 25.8 Å². The highest BCUT2D eigenvalue weighted by molar-refractivity contribution is 9.10. The van der Waals surface area contributed by atoms with Crippen molar-refractivity contribution in [3.63, 3.8) is 0 Å². The molecule has 1 heterocycles. The third-order valence-corrected chi connectivity index (χ3v) is 4.18. The Morgan fingerprint density at radius 1 is 1.10 bits per heavy atom. The predicted octanol–water partition coefficient (Wildman–Crippen LogP) is 3.74. The summed E-state index contributed by atoms with van der Waals surface area (Å²) in [6.45, 7) is 2.02. The van der Waals surface area contributed by atoms with Gasteiger partial charge in [0.15, 0.2) is 5.82 Å². The van der Waals surface area contributed by atoms with Gasteiger partial charge in [0, 0.05) is 20.2 Å². The average molecular weight is 409 g/mol. The number of nitrogens with zero attached hydrogens (tertiary/aromatic N) is 4. The zero-order chi connectivity index (χ0) is 15.0. The van der Waals surface area contributed by atoms with E-state index >= 15 is 0 Å². The zero-order valence-electron chi connectivity index (χ0n) is 11.1. The van der Waals surface area contributed by atoms with E-state index in [-0.39, 0.29) is 0 Å². The van der Waals surface area contributed by atoms with Crippen molar-refractivity contribution >= 4 is 37.5 Å². The first kappa shape index (κ1) is 14.2. The SMILES string of the molecule is Cc1cc(Br)cc(-n2nnnc2-c2ccc(Br)c(N)c2)c1. The van der Waals surface area contributed by atoms with Crippen molar-refractivity contribution in [1.29, 1.82) is 0 Å². The first-order chi connectivity index (χ1) is 10.0. The summed E-state index contributed by atoms with van der Waals surface area (Å²) in [6.07, 6.45) is 0. The molecular weight excluding hydrogens is 398 g/mol. The second-order valence-corrected chi connectivity index (χ2v) is 6.41. The van der Waals surface area contributed by atoms with Gasteiger partial charge >= 0.3 is 0 Å². The van der Waals surface area contributed by atoms with Gasteiger partial charge in [0.1, 0.15) is 0 Å². The molecule has 0 amide bonds. The molecule has 2 aromatic carbocycles. The first-order valence-electron chi connectivity index (χ1n) is 6.16. The molecule has 0 atom stereocenters. The van der Waals surface area contributed by atoms with E-state index in [4.69, 9.17) is 5.73 Å². The molecule has 0 radical (unpaired) electrons. The molecule has 21 heavy (non-hydrogen) atoms. The van der Waals surface area contributed by atoms with E-state index < -0.39 is 0 Å². The lowest BCUT2D eigenvalue weighted by molar-refractivity contribution is 0.790. The number of nitrogens with two attached hydrogens (primary N) is 1. The summed E-state index contributed by atoms with van der Waals surface area (Å²) in [5, 5.41) is 12.0. The van der Waals surface area contributed by atoms with Crippen LogP contribution >= 0.6 is 31.9 Å². The fourth-order valence-corrected chi connectivity index (χ4v) is 2.91. The number of halogens is 2. The fraction of sp³-hybridized carbons (Fsp3) is 0.0714. The van der Waals surface area contributed by atoms with Gasteiger partial charge in [0.05, 0.1) is 5.69 Å². The van der Waals surface area contributed by atoms with Crippen molar-refractivity contribution in [2.45, 2.75) is 6.92 Å². The van der Waals surface area contributed by atoms with Crippen LogP contribution in [0.15, 0.2) is 45.3 Å². The minimum atomic E-state index is 0.645. The van der Waals surface area contributed by atoms with Crippen molar-refractivity contribution in [2.75, 3.05) is 5.73 Å². The number of anilines is 1. The molecule has 0 unspecified atom stereocenters. The van der Waals surface area contributed by atoms with Crippen LogP contribution in [-0.4, -0.2) is 20.2 Å². The van der Waals surface area contributed by atoms with Crippen molar-refractivity contribution in [3.05, 3.63) is 50.9 Å². The van der Waals surface area contributed by atoms with Crippen LogP contribution in [0.4, 0.5) is 5.69 Å². The van der Waals surface area contributed by atoms with Crippen LogP contribution in [0.3, 0.4) is 0 Å². The van der Waals surface area contributed by atoms with Gasteiger partial charge in [0.2, 0.25) is 0 Å². The van der Waals surface area contributed by atoms with E-state index in [1.165, 1.54) is 0 Å². The lowest BCUT2D eigenvalue weighted by Crippen LogP contribution is -2.01. The molecular formula is C14H11Br2N5. The Hall–Kier alpha value is -1.73. The van der Waals surface area contributed by atoms with Gasteiger partial charge < -0.3 is 5.73 Å². The van der Waals surface area contributed by atoms with E-state index in [9.17, 15) is 0 Å². The number of tetrazole rings is 1. The van der Waals surface area contributed by atoms with Crippen molar-refractivity contribution in [2.24, 2.45) is 0 Å². The minimum Gasteiger partial charge on any atom is -0.398 e. The molecule has 5 nitrogen and oxygen atoms in total. The van der Waals surface area contributed by atoms with Crippen LogP contribution in [-0.2, 0) is 0 Å². The Morgan fingerprint density at radius 3 is 2.62 bits per heavy atom. The van der Waals surface area contributed by atoms with Gasteiger partial charge in [-0.25, -0.2) is 0 Å². The van der Waals surface area contributed by atoms with Crippen LogP contribution in [0.2, 0.25) is 0 Å². The van der Waals surface area contributed by atoms with Crippen LogP contribution in [0.1, 0.15) is 5.56 Å².